The highest BCUT2D eigenvalue weighted by Crippen LogP contribution is 2.52. The second-order valence-electron chi connectivity index (χ2n) is 8.13. The number of rotatable bonds is 5. The molecular weight excluding hydrogens is 494 g/mol. The van der Waals surface area contributed by atoms with E-state index in [9.17, 15) is 18.0 Å². The monoisotopic (exact) mass is 513 g/mol. The third kappa shape index (κ3) is 4.31. The zero-order valence-electron chi connectivity index (χ0n) is 17.8. The lowest BCUT2D eigenvalue weighted by molar-refractivity contribution is -0.261. The molecule has 2 aromatic rings. The second-order valence-corrected chi connectivity index (χ2v) is 10.1. The van der Waals surface area contributed by atoms with Crippen molar-refractivity contribution in [3.8, 4) is 0 Å². The molecule has 2 heterocycles. The Labute approximate surface area is 204 Å². The maximum Gasteiger partial charge on any atom is 0.440 e. The van der Waals surface area contributed by atoms with Crippen LogP contribution in [0.2, 0.25) is 10.0 Å². The van der Waals surface area contributed by atoms with Gasteiger partial charge in [-0.3, -0.25) is 4.79 Å². The Morgan fingerprint density at radius 3 is 2.39 bits per heavy atom. The van der Waals surface area contributed by atoms with Crippen LogP contribution in [0.15, 0.2) is 53.2 Å². The van der Waals surface area contributed by atoms with Gasteiger partial charge < -0.3 is 4.84 Å². The minimum atomic E-state index is -4.85. The van der Waals surface area contributed by atoms with E-state index in [1.165, 1.54) is 31.2 Å². The van der Waals surface area contributed by atoms with Gasteiger partial charge in [0.2, 0.25) is 0 Å². The number of carbonyl (C=O) groups is 1. The number of nitrogens with zero attached hydrogens (tertiary/aromatic N) is 1. The fourth-order valence-electron chi connectivity index (χ4n) is 4.16. The Morgan fingerprint density at radius 2 is 1.88 bits per heavy atom. The van der Waals surface area contributed by atoms with Crippen molar-refractivity contribution in [2.45, 2.75) is 32.0 Å². The highest BCUT2D eigenvalue weighted by Gasteiger charge is 2.65. The molecular formula is C24H20Cl2F3NO2S. The molecule has 2 aliphatic heterocycles. The van der Waals surface area contributed by atoms with Crippen LogP contribution >= 0.6 is 35.0 Å². The summed E-state index contributed by atoms with van der Waals surface area (Å²) in [5.74, 6) is 2.39. The molecule has 0 aromatic heterocycles. The molecule has 174 valence electrons. The topological polar surface area (TPSA) is 38.7 Å². The number of benzene rings is 2. The zero-order chi connectivity index (χ0) is 24.0. The number of hydrogen-bond acceptors (Lipinski definition) is 4. The Kier molecular flexibility index (Phi) is 6.60. The van der Waals surface area contributed by atoms with E-state index in [4.69, 9.17) is 28.0 Å². The summed E-state index contributed by atoms with van der Waals surface area (Å²) < 4.78 is 43.6. The van der Waals surface area contributed by atoms with Crippen LogP contribution in [-0.2, 0) is 10.4 Å². The summed E-state index contributed by atoms with van der Waals surface area (Å²) in [6, 6.07) is 8.64. The number of Topliss-reactive ketones (excluding diaryl/α,β-unsaturated/α-hetero) is 1. The molecule has 1 unspecified atom stereocenters. The van der Waals surface area contributed by atoms with Crippen molar-refractivity contribution in [1.82, 2.24) is 0 Å². The quantitative estimate of drug-likeness (QED) is 0.391. The van der Waals surface area contributed by atoms with Gasteiger partial charge in [-0.2, -0.15) is 24.9 Å². The fraction of sp³-hybridized carbons (Fsp3) is 0.333. The lowest BCUT2D eigenvalue weighted by Gasteiger charge is -2.31. The molecule has 1 saturated heterocycles. The number of allylic oxidation sites excluding steroid dienone is 1. The summed E-state index contributed by atoms with van der Waals surface area (Å²) in [4.78, 5) is 17.8. The normalized spacial score (nSPS) is 22.2. The van der Waals surface area contributed by atoms with E-state index >= 15 is 0 Å². The molecule has 0 radical (unpaired) electrons. The van der Waals surface area contributed by atoms with Crippen molar-refractivity contribution >= 4 is 46.5 Å². The third-order valence-electron chi connectivity index (χ3n) is 5.85. The number of carbonyl (C=O) groups excluding carboxylic acids is 1. The molecule has 9 heteroatoms. The maximum atomic E-state index is 14.5. The number of aryl methyl sites for hydroxylation is 1. The van der Waals surface area contributed by atoms with Crippen molar-refractivity contribution < 1.29 is 22.8 Å². The van der Waals surface area contributed by atoms with Gasteiger partial charge in [0.25, 0.3) is 5.60 Å². The van der Waals surface area contributed by atoms with Gasteiger partial charge in [0, 0.05) is 38.7 Å². The molecule has 0 aliphatic carbocycles. The molecule has 0 spiro atoms. The average molecular weight is 514 g/mol. The molecule has 2 aliphatic rings. The largest absolute Gasteiger partial charge is 0.440 e. The van der Waals surface area contributed by atoms with Gasteiger partial charge in [-0.05, 0) is 61.1 Å². The van der Waals surface area contributed by atoms with Crippen molar-refractivity contribution in [3.63, 3.8) is 0 Å². The Hall–Kier alpha value is -1.96. The summed E-state index contributed by atoms with van der Waals surface area (Å²) in [7, 11) is 0. The number of oxime groups is 1. The maximum absolute atomic E-state index is 14.5. The van der Waals surface area contributed by atoms with Crippen molar-refractivity contribution in [3.05, 3.63) is 80.3 Å². The second kappa shape index (κ2) is 9.01. The lowest BCUT2D eigenvalue weighted by atomic mass is 9.81. The molecule has 1 fully saturated rings. The first-order chi connectivity index (χ1) is 15.6. The number of thioether (sulfide) groups is 1. The highest BCUT2D eigenvalue weighted by molar-refractivity contribution is 8.00. The lowest BCUT2D eigenvalue weighted by Crippen LogP contribution is -2.44. The van der Waals surface area contributed by atoms with Crippen LogP contribution < -0.4 is 0 Å². The van der Waals surface area contributed by atoms with Crippen molar-refractivity contribution in [1.29, 1.82) is 0 Å². The van der Waals surface area contributed by atoms with E-state index in [1.807, 2.05) is 11.8 Å². The van der Waals surface area contributed by atoms with Gasteiger partial charge in [0.05, 0.1) is 0 Å². The average Bonchev–Trinajstić information content (AvgIpc) is 3.10. The summed E-state index contributed by atoms with van der Waals surface area (Å²) in [5, 5.41) is 3.96. The van der Waals surface area contributed by atoms with Gasteiger partial charge in [0.15, 0.2) is 5.78 Å². The summed E-state index contributed by atoms with van der Waals surface area (Å²) in [6.07, 6.45) is -3.04. The molecule has 33 heavy (non-hydrogen) atoms. The molecule has 0 bridgehead atoms. The smallest absolute Gasteiger partial charge is 0.369 e. The fourth-order valence-corrected chi connectivity index (χ4v) is 5.49. The first-order valence-corrected chi connectivity index (χ1v) is 12.2. The van der Waals surface area contributed by atoms with Crippen molar-refractivity contribution in [2.24, 2.45) is 11.1 Å². The number of ketones is 1. The van der Waals surface area contributed by atoms with E-state index in [-0.39, 0.29) is 32.7 Å². The molecule has 1 atom stereocenters. The van der Waals surface area contributed by atoms with Crippen molar-refractivity contribution in [2.75, 3.05) is 11.5 Å². The van der Waals surface area contributed by atoms with Crippen LogP contribution in [-0.4, -0.2) is 29.2 Å². The molecule has 2 aromatic carbocycles. The van der Waals surface area contributed by atoms with Gasteiger partial charge in [0.1, 0.15) is 5.71 Å². The first kappa shape index (κ1) is 24.2. The predicted octanol–water partition coefficient (Wildman–Crippen LogP) is 7.38. The Morgan fingerprint density at radius 1 is 1.21 bits per heavy atom. The van der Waals surface area contributed by atoms with E-state index in [0.29, 0.717) is 29.0 Å². The summed E-state index contributed by atoms with van der Waals surface area (Å²) in [6.45, 7) is 3.26. The minimum absolute atomic E-state index is 0.0402. The first-order valence-electron chi connectivity index (χ1n) is 10.3. The van der Waals surface area contributed by atoms with Gasteiger partial charge >= 0.3 is 6.18 Å². The van der Waals surface area contributed by atoms with Crippen LogP contribution in [0.5, 0.6) is 0 Å². The van der Waals surface area contributed by atoms with Gasteiger partial charge in [-0.25, -0.2) is 0 Å². The molecule has 0 saturated carbocycles. The van der Waals surface area contributed by atoms with Gasteiger partial charge in [-0.1, -0.05) is 46.6 Å². The van der Waals surface area contributed by atoms with E-state index < -0.39 is 11.8 Å². The third-order valence-corrected chi connectivity index (χ3v) is 7.70. The molecule has 4 rings (SSSR count). The molecule has 3 nitrogen and oxygen atoms in total. The minimum Gasteiger partial charge on any atom is -0.369 e. The van der Waals surface area contributed by atoms with E-state index in [1.54, 1.807) is 25.1 Å². The van der Waals surface area contributed by atoms with Crippen LogP contribution in [0.25, 0.3) is 0 Å². The van der Waals surface area contributed by atoms with Gasteiger partial charge in [-0.15, -0.1) is 0 Å². The van der Waals surface area contributed by atoms with E-state index in [2.05, 4.69) is 5.16 Å². The van der Waals surface area contributed by atoms with Crippen LogP contribution in [0.4, 0.5) is 13.2 Å². The van der Waals surface area contributed by atoms with Crippen LogP contribution in [0, 0.1) is 12.8 Å². The standard InChI is InChI=1S/C24H20Cl2F3NO2S/c1-3-20-22(15-4-5-19(13(2)6-15)21(31)7-14-11-33-12-14)30-32-23(20,24(27,28)29)16-8-17(25)10-18(26)9-16/h3-6,8-10,14H,7,11-12H2,1-2H3/b20-3+. The zero-order valence-corrected chi connectivity index (χ0v) is 20.1. The number of alkyl halides is 3. The van der Waals surface area contributed by atoms with Crippen LogP contribution in [0.1, 0.15) is 40.4 Å². The number of halogens is 5. The highest BCUT2D eigenvalue weighted by atomic mass is 35.5. The SMILES string of the molecule is C/C=C1\C(c2ccc(C(=O)CC3CSC3)c(C)c2)=NOC1(c1cc(Cl)cc(Cl)c1)C(F)(F)F. The molecule has 0 N–H and O–H groups in total. The molecule has 0 amide bonds. The summed E-state index contributed by atoms with van der Waals surface area (Å²) in [5.41, 5.74) is -1.56. The summed E-state index contributed by atoms with van der Waals surface area (Å²) >= 11 is 13.8. The Balaban J connectivity index is 1.72. The number of hydrogen-bond donors (Lipinski definition) is 0. The van der Waals surface area contributed by atoms with Crippen LogP contribution in [0.3, 0.4) is 0 Å². The van der Waals surface area contributed by atoms with E-state index in [0.717, 1.165) is 11.5 Å². The predicted molar refractivity (Wildman–Crippen MR) is 127 cm³/mol. The Bertz CT molecular complexity index is 1150.